The van der Waals surface area contributed by atoms with Gasteiger partial charge >= 0.3 is 0 Å². The number of ether oxygens (including phenoxy) is 1. The molecule has 0 bridgehead atoms. The van der Waals surface area contributed by atoms with E-state index in [0.717, 1.165) is 18.2 Å². The predicted octanol–water partition coefficient (Wildman–Crippen LogP) is 2.33. The van der Waals surface area contributed by atoms with E-state index in [4.69, 9.17) is 4.74 Å². The fraction of sp³-hybridized carbons (Fsp3) is 0.364. The van der Waals surface area contributed by atoms with Crippen LogP contribution in [0.1, 0.15) is 18.4 Å². The third-order valence-corrected chi connectivity index (χ3v) is 4.24. The zero-order chi connectivity index (χ0) is 12.3. The van der Waals surface area contributed by atoms with Crippen molar-refractivity contribution in [3.05, 3.63) is 29.8 Å². The molecular weight excluding hydrogens is 306 g/mol. The Morgan fingerprint density at radius 3 is 2.76 bits per heavy atom. The number of fused-ring (bicyclic) bond motifs is 1. The molecule has 0 atom stereocenters. The van der Waals surface area contributed by atoms with Crippen molar-refractivity contribution in [1.29, 1.82) is 0 Å². The Hall–Kier alpha value is -0.880. The number of halogens is 1. The predicted molar refractivity (Wildman–Crippen MR) is 69.1 cm³/mol. The maximum Gasteiger partial charge on any atom is 0.286 e. The van der Waals surface area contributed by atoms with Gasteiger partial charge in [0.05, 0.1) is 12.2 Å². The van der Waals surface area contributed by atoms with Gasteiger partial charge in [-0.3, -0.25) is 0 Å². The SMILES string of the molecule is O=S1(=O)N=C(OCCCCBr)c2ccccc21. The molecule has 1 heterocycles. The van der Waals surface area contributed by atoms with E-state index in [-0.39, 0.29) is 10.8 Å². The zero-order valence-electron chi connectivity index (χ0n) is 9.10. The highest BCUT2D eigenvalue weighted by molar-refractivity contribution is 9.09. The molecule has 0 unspecified atom stereocenters. The van der Waals surface area contributed by atoms with Gasteiger partial charge in [-0.15, -0.1) is 4.40 Å². The zero-order valence-corrected chi connectivity index (χ0v) is 11.5. The Morgan fingerprint density at radius 1 is 1.24 bits per heavy atom. The summed E-state index contributed by atoms with van der Waals surface area (Å²) in [4.78, 5) is 0.232. The standard InChI is InChI=1S/C11H12BrNO3S/c12-7-3-4-8-16-11-9-5-1-2-6-10(9)17(14,15)13-11/h1-2,5-6H,3-4,7-8H2. The summed E-state index contributed by atoms with van der Waals surface area (Å²) in [5.41, 5.74) is 0.561. The summed E-state index contributed by atoms with van der Waals surface area (Å²) in [6, 6.07) is 6.71. The fourth-order valence-corrected chi connectivity index (χ4v) is 3.09. The van der Waals surface area contributed by atoms with E-state index in [9.17, 15) is 8.42 Å². The van der Waals surface area contributed by atoms with Gasteiger partial charge in [-0.25, -0.2) is 0 Å². The third kappa shape index (κ3) is 2.69. The lowest BCUT2D eigenvalue weighted by molar-refractivity contribution is 0.299. The minimum absolute atomic E-state index is 0.218. The quantitative estimate of drug-likeness (QED) is 0.632. The maximum absolute atomic E-state index is 11.7. The molecule has 0 radical (unpaired) electrons. The van der Waals surface area contributed by atoms with E-state index < -0.39 is 10.0 Å². The molecule has 1 aliphatic rings. The normalized spacial score (nSPS) is 16.4. The Bertz CT molecular complexity index is 539. The summed E-state index contributed by atoms with van der Waals surface area (Å²) < 4.78 is 32.4. The van der Waals surface area contributed by atoms with Crippen molar-refractivity contribution in [3.63, 3.8) is 0 Å². The molecule has 0 N–H and O–H groups in total. The van der Waals surface area contributed by atoms with Crippen molar-refractivity contribution in [2.45, 2.75) is 17.7 Å². The molecule has 4 nitrogen and oxygen atoms in total. The topological polar surface area (TPSA) is 55.7 Å². The van der Waals surface area contributed by atoms with Crippen LogP contribution in [0.2, 0.25) is 0 Å². The molecule has 0 aliphatic carbocycles. The molecular formula is C11H12BrNO3S. The van der Waals surface area contributed by atoms with Gasteiger partial charge in [0, 0.05) is 5.33 Å². The van der Waals surface area contributed by atoms with Crippen LogP contribution in [0, 0.1) is 0 Å². The van der Waals surface area contributed by atoms with E-state index in [1.807, 2.05) is 0 Å². The maximum atomic E-state index is 11.7. The number of hydrogen-bond donors (Lipinski definition) is 0. The first kappa shape index (κ1) is 12.6. The molecule has 0 amide bonds. The molecule has 2 rings (SSSR count). The van der Waals surface area contributed by atoms with E-state index >= 15 is 0 Å². The van der Waals surface area contributed by atoms with Crippen LogP contribution >= 0.6 is 15.9 Å². The van der Waals surface area contributed by atoms with Gasteiger partial charge in [0.15, 0.2) is 0 Å². The lowest BCUT2D eigenvalue weighted by atomic mass is 10.2. The van der Waals surface area contributed by atoms with Crippen LogP contribution in [0.15, 0.2) is 33.6 Å². The second-order valence-corrected chi connectivity index (χ2v) is 5.98. The molecule has 0 saturated carbocycles. The molecule has 0 saturated heterocycles. The van der Waals surface area contributed by atoms with Crippen LogP contribution < -0.4 is 0 Å². The molecule has 6 heteroatoms. The second kappa shape index (κ2) is 5.18. The highest BCUT2D eigenvalue weighted by atomic mass is 79.9. The number of rotatable bonds is 4. The molecule has 1 aliphatic heterocycles. The van der Waals surface area contributed by atoms with Crippen molar-refractivity contribution < 1.29 is 13.2 Å². The second-order valence-electron chi connectivity index (χ2n) is 3.61. The summed E-state index contributed by atoms with van der Waals surface area (Å²) in [6.07, 6.45) is 1.86. The van der Waals surface area contributed by atoms with Crippen molar-refractivity contribution >= 4 is 31.9 Å². The number of nitrogens with zero attached hydrogens (tertiary/aromatic N) is 1. The number of sulfonamides is 1. The first-order valence-corrected chi connectivity index (χ1v) is 7.84. The smallest absolute Gasteiger partial charge is 0.286 e. The van der Waals surface area contributed by atoms with Crippen LogP contribution in [-0.4, -0.2) is 26.3 Å². The first-order valence-electron chi connectivity index (χ1n) is 5.28. The van der Waals surface area contributed by atoms with Gasteiger partial charge in [-0.1, -0.05) is 28.1 Å². The lowest BCUT2D eigenvalue weighted by Crippen LogP contribution is -2.05. The van der Waals surface area contributed by atoms with Crippen LogP contribution in [0.5, 0.6) is 0 Å². The Kier molecular flexibility index (Phi) is 3.83. The number of hydrogen-bond acceptors (Lipinski definition) is 3. The van der Waals surface area contributed by atoms with Crippen LogP contribution in [0.4, 0.5) is 0 Å². The number of benzene rings is 1. The summed E-state index contributed by atoms with van der Waals surface area (Å²) >= 11 is 3.33. The van der Waals surface area contributed by atoms with Gasteiger partial charge in [-0.05, 0) is 25.0 Å². The highest BCUT2D eigenvalue weighted by Gasteiger charge is 2.29. The average molecular weight is 318 g/mol. The van der Waals surface area contributed by atoms with Crippen molar-refractivity contribution in [1.82, 2.24) is 0 Å². The largest absolute Gasteiger partial charge is 0.477 e. The molecule has 0 spiro atoms. The first-order chi connectivity index (χ1) is 8.15. The Labute approximate surface area is 109 Å². The summed E-state index contributed by atoms with van der Waals surface area (Å²) in [5, 5.41) is 0.914. The van der Waals surface area contributed by atoms with Crippen molar-refractivity contribution in [2.24, 2.45) is 4.40 Å². The molecule has 1 aromatic carbocycles. The van der Waals surface area contributed by atoms with Crippen molar-refractivity contribution in [2.75, 3.05) is 11.9 Å². The van der Waals surface area contributed by atoms with Crippen LogP contribution in [0.3, 0.4) is 0 Å². The highest BCUT2D eigenvalue weighted by Crippen LogP contribution is 2.26. The van der Waals surface area contributed by atoms with Crippen LogP contribution in [-0.2, 0) is 14.8 Å². The van der Waals surface area contributed by atoms with Gasteiger partial charge in [0.1, 0.15) is 4.90 Å². The molecule has 17 heavy (non-hydrogen) atoms. The van der Waals surface area contributed by atoms with E-state index in [1.165, 1.54) is 0 Å². The Balaban J connectivity index is 2.15. The molecule has 1 aromatic rings. The third-order valence-electron chi connectivity index (χ3n) is 2.37. The van der Waals surface area contributed by atoms with E-state index in [2.05, 4.69) is 20.3 Å². The number of unbranched alkanes of at least 4 members (excludes halogenated alkanes) is 1. The Morgan fingerprint density at radius 2 is 2.00 bits per heavy atom. The minimum Gasteiger partial charge on any atom is -0.477 e. The van der Waals surface area contributed by atoms with E-state index in [1.54, 1.807) is 24.3 Å². The fourth-order valence-electron chi connectivity index (χ4n) is 1.55. The molecule has 0 aromatic heterocycles. The summed E-state index contributed by atoms with van der Waals surface area (Å²) in [5.74, 6) is 0.218. The molecule has 0 fully saturated rings. The monoisotopic (exact) mass is 317 g/mol. The van der Waals surface area contributed by atoms with Crippen LogP contribution in [0.25, 0.3) is 0 Å². The van der Waals surface area contributed by atoms with E-state index in [0.29, 0.717) is 12.2 Å². The lowest BCUT2D eigenvalue weighted by Gasteiger charge is -2.04. The van der Waals surface area contributed by atoms with Gasteiger partial charge in [0.25, 0.3) is 10.0 Å². The summed E-state index contributed by atoms with van der Waals surface area (Å²) in [6.45, 7) is 0.480. The van der Waals surface area contributed by atoms with Gasteiger partial charge < -0.3 is 4.74 Å². The molecule has 92 valence electrons. The minimum atomic E-state index is -3.54. The number of alkyl halides is 1. The average Bonchev–Trinajstić information content (AvgIpc) is 2.58. The van der Waals surface area contributed by atoms with Gasteiger partial charge in [-0.2, -0.15) is 8.42 Å². The summed E-state index contributed by atoms with van der Waals surface area (Å²) in [7, 11) is -3.54. The van der Waals surface area contributed by atoms with Crippen molar-refractivity contribution in [3.8, 4) is 0 Å². The van der Waals surface area contributed by atoms with Gasteiger partial charge in [0.2, 0.25) is 5.90 Å².